The van der Waals surface area contributed by atoms with Gasteiger partial charge in [-0.05, 0) is 18.3 Å². The first-order valence-corrected chi connectivity index (χ1v) is 8.87. The van der Waals surface area contributed by atoms with Crippen molar-refractivity contribution in [3.05, 3.63) is 0 Å². The normalized spacial score (nSPS) is 13.2. The molecule has 0 radical (unpaired) electrons. The van der Waals surface area contributed by atoms with Crippen molar-refractivity contribution in [2.45, 2.75) is 97.9 Å². The number of amides is 1. The topological polar surface area (TPSA) is 55.1 Å². The van der Waals surface area contributed by atoms with Crippen molar-refractivity contribution in [3.63, 3.8) is 0 Å². The smallest absolute Gasteiger partial charge is 0.221 e. The van der Waals surface area contributed by atoms with E-state index in [1.165, 1.54) is 44.9 Å². The summed E-state index contributed by atoms with van der Waals surface area (Å²) in [5, 5.41) is 2.99. The minimum absolute atomic E-state index is 0.0245. The summed E-state index contributed by atoms with van der Waals surface area (Å²) in [6, 6.07) is -0.0245. The number of unbranched alkanes of at least 4 members (excludes halogenated alkanes) is 7. The second kappa shape index (κ2) is 12.0. The molecule has 3 heteroatoms. The van der Waals surface area contributed by atoms with Crippen LogP contribution in [-0.2, 0) is 4.79 Å². The molecule has 0 fully saturated rings. The van der Waals surface area contributed by atoms with Crippen LogP contribution in [0.2, 0.25) is 0 Å². The zero-order valence-electron chi connectivity index (χ0n) is 14.8. The predicted molar refractivity (Wildman–Crippen MR) is 92.3 cm³/mol. The Morgan fingerprint density at radius 3 is 2.05 bits per heavy atom. The maximum Gasteiger partial charge on any atom is 0.221 e. The Morgan fingerprint density at radius 1 is 1.00 bits per heavy atom. The second-order valence-corrected chi connectivity index (χ2v) is 7.55. The van der Waals surface area contributed by atoms with E-state index in [1.807, 2.05) is 0 Å². The highest BCUT2D eigenvalue weighted by Crippen LogP contribution is 2.20. The van der Waals surface area contributed by atoms with Crippen molar-refractivity contribution in [3.8, 4) is 0 Å². The van der Waals surface area contributed by atoms with E-state index in [1.54, 1.807) is 0 Å². The van der Waals surface area contributed by atoms with Crippen LogP contribution in [0.15, 0.2) is 0 Å². The molecule has 0 aliphatic heterocycles. The second-order valence-electron chi connectivity index (χ2n) is 7.55. The third-order valence-electron chi connectivity index (χ3n) is 3.67. The largest absolute Gasteiger partial charge is 0.356 e. The molecule has 0 aliphatic carbocycles. The number of nitrogens with two attached hydrogens (primary N) is 1. The molecular weight excluding hydrogens is 260 g/mol. The van der Waals surface area contributed by atoms with Gasteiger partial charge in [-0.25, -0.2) is 0 Å². The third-order valence-corrected chi connectivity index (χ3v) is 3.67. The van der Waals surface area contributed by atoms with Gasteiger partial charge in [-0.1, -0.05) is 72.6 Å². The van der Waals surface area contributed by atoms with Crippen molar-refractivity contribution in [2.24, 2.45) is 11.1 Å². The molecule has 126 valence electrons. The van der Waals surface area contributed by atoms with Gasteiger partial charge < -0.3 is 11.1 Å². The monoisotopic (exact) mass is 298 g/mol. The van der Waals surface area contributed by atoms with Crippen LogP contribution in [0, 0.1) is 5.41 Å². The number of hydrogen-bond acceptors (Lipinski definition) is 2. The molecule has 0 aromatic rings. The summed E-state index contributed by atoms with van der Waals surface area (Å²) in [7, 11) is 0. The van der Waals surface area contributed by atoms with E-state index in [2.05, 4.69) is 33.0 Å². The van der Waals surface area contributed by atoms with Crippen LogP contribution in [-0.4, -0.2) is 18.5 Å². The van der Waals surface area contributed by atoms with Crippen molar-refractivity contribution < 1.29 is 4.79 Å². The summed E-state index contributed by atoms with van der Waals surface area (Å²) >= 11 is 0. The van der Waals surface area contributed by atoms with E-state index in [9.17, 15) is 4.79 Å². The Morgan fingerprint density at radius 2 is 1.52 bits per heavy atom. The zero-order valence-corrected chi connectivity index (χ0v) is 14.8. The SMILES string of the molecule is CCCCCCCCCCNC(=O)CC(N)CC(C)(C)C. The van der Waals surface area contributed by atoms with Gasteiger partial charge in [0.05, 0.1) is 0 Å². The Hall–Kier alpha value is -0.570. The predicted octanol–water partition coefficient (Wildman–Crippen LogP) is 4.40. The molecule has 0 saturated heterocycles. The zero-order chi connectivity index (χ0) is 16.1. The van der Waals surface area contributed by atoms with Gasteiger partial charge in [0.1, 0.15) is 0 Å². The van der Waals surface area contributed by atoms with E-state index >= 15 is 0 Å². The van der Waals surface area contributed by atoms with Crippen LogP contribution in [0.1, 0.15) is 91.9 Å². The highest BCUT2D eigenvalue weighted by Gasteiger charge is 2.17. The van der Waals surface area contributed by atoms with Gasteiger partial charge in [0.25, 0.3) is 0 Å². The lowest BCUT2D eigenvalue weighted by molar-refractivity contribution is -0.121. The van der Waals surface area contributed by atoms with Crippen LogP contribution in [0.5, 0.6) is 0 Å². The molecular formula is C18H38N2O. The summed E-state index contributed by atoms with van der Waals surface area (Å²) in [5.41, 5.74) is 6.20. The molecule has 3 nitrogen and oxygen atoms in total. The van der Waals surface area contributed by atoms with Crippen molar-refractivity contribution >= 4 is 5.91 Å². The van der Waals surface area contributed by atoms with E-state index in [4.69, 9.17) is 5.73 Å². The molecule has 0 heterocycles. The highest BCUT2D eigenvalue weighted by molar-refractivity contribution is 5.76. The average molecular weight is 299 g/mol. The van der Waals surface area contributed by atoms with E-state index in [0.717, 1.165) is 19.4 Å². The first kappa shape index (κ1) is 20.4. The third kappa shape index (κ3) is 15.6. The Balaban J connectivity index is 3.42. The van der Waals surface area contributed by atoms with Crippen LogP contribution in [0.4, 0.5) is 0 Å². The summed E-state index contributed by atoms with van der Waals surface area (Å²) < 4.78 is 0. The molecule has 0 aromatic heterocycles. The fraction of sp³-hybridized carbons (Fsp3) is 0.944. The first-order valence-electron chi connectivity index (χ1n) is 8.87. The van der Waals surface area contributed by atoms with Gasteiger partial charge >= 0.3 is 0 Å². The molecule has 0 aliphatic rings. The lowest BCUT2D eigenvalue weighted by atomic mass is 9.87. The Bertz CT molecular complexity index is 258. The van der Waals surface area contributed by atoms with Gasteiger partial charge in [0, 0.05) is 19.0 Å². The summed E-state index contributed by atoms with van der Waals surface area (Å²) in [5.74, 6) is 0.106. The number of hydrogen-bond donors (Lipinski definition) is 2. The van der Waals surface area contributed by atoms with Crippen molar-refractivity contribution in [2.75, 3.05) is 6.54 Å². The number of nitrogens with one attached hydrogen (secondary N) is 1. The van der Waals surface area contributed by atoms with Crippen LogP contribution < -0.4 is 11.1 Å². The molecule has 0 rings (SSSR count). The fourth-order valence-electron chi connectivity index (χ4n) is 2.66. The first-order chi connectivity index (χ1) is 9.85. The van der Waals surface area contributed by atoms with Gasteiger partial charge in [0.15, 0.2) is 0 Å². The molecule has 3 N–H and O–H groups in total. The van der Waals surface area contributed by atoms with Crippen LogP contribution in [0.25, 0.3) is 0 Å². The molecule has 1 amide bonds. The summed E-state index contributed by atoms with van der Waals surface area (Å²) in [6.45, 7) is 9.52. The molecule has 0 bridgehead atoms. The van der Waals surface area contributed by atoms with Gasteiger partial charge in [0.2, 0.25) is 5.91 Å². The summed E-state index contributed by atoms with van der Waals surface area (Å²) in [4.78, 5) is 11.8. The molecule has 21 heavy (non-hydrogen) atoms. The minimum atomic E-state index is -0.0245. The molecule has 0 spiro atoms. The van der Waals surface area contributed by atoms with Crippen molar-refractivity contribution in [1.82, 2.24) is 5.32 Å². The minimum Gasteiger partial charge on any atom is -0.356 e. The van der Waals surface area contributed by atoms with Crippen LogP contribution >= 0.6 is 0 Å². The number of carbonyl (C=O) groups excluding carboxylic acids is 1. The quantitative estimate of drug-likeness (QED) is 0.525. The van der Waals surface area contributed by atoms with Gasteiger partial charge in [-0.3, -0.25) is 4.79 Å². The molecule has 0 aromatic carbocycles. The van der Waals surface area contributed by atoms with Crippen molar-refractivity contribution in [1.29, 1.82) is 0 Å². The van der Waals surface area contributed by atoms with E-state index < -0.39 is 0 Å². The Labute approximate surface area is 132 Å². The van der Waals surface area contributed by atoms with Gasteiger partial charge in [-0.15, -0.1) is 0 Å². The molecule has 1 unspecified atom stereocenters. The molecule has 0 saturated carbocycles. The maximum atomic E-state index is 11.8. The lowest BCUT2D eigenvalue weighted by Crippen LogP contribution is -2.34. The molecule has 1 atom stereocenters. The maximum absolute atomic E-state index is 11.8. The average Bonchev–Trinajstić information content (AvgIpc) is 2.34. The lowest BCUT2D eigenvalue weighted by Gasteiger charge is -2.22. The number of rotatable bonds is 12. The standard InChI is InChI=1S/C18H38N2O/c1-5-6-7-8-9-10-11-12-13-20-17(21)14-16(19)15-18(2,3)4/h16H,5-15,19H2,1-4H3,(H,20,21). The fourth-order valence-corrected chi connectivity index (χ4v) is 2.66. The van der Waals surface area contributed by atoms with Gasteiger partial charge in [-0.2, -0.15) is 0 Å². The van der Waals surface area contributed by atoms with E-state index in [0.29, 0.717) is 6.42 Å². The highest BCUT2D eigenvalue weighted by atomic mass is 16.1. The van der Waals surface area contributed by atoms with Crippen LogP contribution in [0.3, 0.4) is 0 Å². The number of carbonyl (C=O) groups is 1. The Kier molecular flexibility index (Phi) is 11.7. The van der Waals surface area contributed by atoms with E-state index in [-0.39, 0.29) is 17.4 Å². The summed E-state index contributed by atoms with van der Waals surface area (Å²) in [6.07, 6.45) is 11.7.